The summed E-state index contributed by atoms with van der Waals surface area (Å²) in [5.41, 5.74) is 1.52. The number of hydrogen-bond acceptors (Lipinski definition) is 5. The fourth-order valence-corrected chi connectivity index (χ4v) is 3.81. The van der Waals surface area contributed by atoms with Crippen LogP contribution in [0.5, 0.6) is 5.75 Å². The maximum absolute atomic E-state index is 12.9. The Morgan fingerprint density at radius 3 is 2.54 bits per heavy atom. The third-order valence-corrected chi connectivity index (χ3v) is 5.77. The molecular weight excluding hydrogens is 530 g/mol. The van der Waals surface area contributed by atoms with Crippen LogP contribution in [-0.2, 0) is 6.54 Å². The van der Waals surface area contributed by atoms with Gasteiger partial charge in [-0.3, -0.25) is 14.9 Å². The van der Waals surface area contributed by atoms with E-state index in [2.05, 4.69) is 38.8 Å². The lowest BCUT2D eigenvalue weighted by Gasteiger charge is -2.14. The molecule has 3 aromatic rings. The standard InChI is InChI=1S/C26H28BrN3O4S/c1-2-3-4-5-14-34-23-13-10-19(27)16-22(23)25(32)30-26(35)29-20-11-8-18(9-12-20)24(31)28-17-21-7-6-15-33-21/h6-13,15-16H,2-5,14,17H2,1H3,(H,28,31)(H2,29,30,32,35). The number of benzene rings is 2. The van der Waals surface area contributed by atoms with Gasteiger partial charge in [-0.1, -0.05) is 42.1 Å². The van der Waals surface area contributed by atoms with Crippen molar-refractivity contribution in [3.63, 3.8) is 0 Å². The van der Waals surface area contributed by atoms with Crippen molar-refractivity contribution in [2.24, 2.45) is 0 Å². The molecule has 0 aliphatic carbocycles. The van der Waals surface area contributed by atoms with E-state index in [4.69, 9.17) is 21.4 Å². The Bertz CT molecular complexity index is 1130. The molecule has 0 bridgehead atoms. The summed E-state index contributed by atoms with van der Waals surface area (Å²) in [6.45, 7) is 3.01. The van der Waals surface area contributed by atoms with Crippen molar-refractivity contribution in [3.05, 3.63) is 82.2 Å². The quantitative estimate of drug-likeness (QED) is 0.196. The molecule has 0 unspecified atom stereocenters. The second-order valence-corrected chi connectivity index (χ2v) is 9.12. The molecule has 0 atom stereocenters. The summed E-state index contributed by atoms with van der Waals surface area (Å²) >= 11 is 8.72. The van der Waals surface area contributed by atoms with Gasteiger partial charge in [0.1, 0.15) is 11.5 Å². The number of carbonyl (C=O) groups is 2. The van der Waals surface area contributed by atoms with Crippen molar-refractivity contribution in [3.8, 4) is 5.75 Å². The lowest BCUT2D eigenvalue weighted by atomic mass is 10.2. The summed E-state index contributed by atoms with van der Waals surface area (Å²) in [5.74, 6) is 0.588. The zero-order valence-corrected chi connectivity index (χ0v) is 21.8. The molecule has 1 aromatic heterocycles. The summed E-state index contributed by atoms with van der Waals surface area (Å²) in [6, 6.07) is 15.6. The molecule has 3 rings (SSSR count). The number of halogens is 1. The maximum Gasteiger partial charge on any atom is 0.261 e. The van der Waals surface area contributed by atoms with Crippen LogP contribution in [0.4, 0.5) is 5.69 Å². The average molecular weight is 558 g/mol. The van der Waals surface area contributed by atoms with Crippen molar-refractivity contribution in [1.29, 1.82) is 0 Å². The van der Waals surface area contributed by atoms with Crippen LogP contribution in [-0.4, -0.2) is 23.5 Å². The molecule has 0 saturated heterocycles. The third kappa shape index (κ3) is 8.52. The molecule has 7 nitrogen and oxygen atoms in total. The fourth-order valence-electron chi connectivity index (χ4n) is 3.24. The minimum absolute atomic E-state index is 0.138. The summed E-state index contributed by atoms with van der Waals surface area (Å²) in [6.07, 6.45) is 5.89. The highest BCUT2D eigenvalue weighted by Crippen LogP contribution is 2.24. The molecule has 0 radical (unpaired) electrons. The first-order valence-electron chi connectivity index (χ1n) is 11.4. The van der Waals surface area contributed by atoms with Gasteiger partial charge in [-0.25, -0.2) is 0 Å². The molecule has 1 heterocycles. The number of nitrogens with one attached hydrogen (secondary N) is 3. The van der Waals surface area contributed by atoms with Crippen molar-refractivity contribution in [2.45, 2.75) is 39.2 Å². The number of anilines is 1. The molecule has 0 fully saturated rings. The van der Waals surface area contributed by atoms with Gasteiger partial charge < -0.3 is 19.8 Å². The molecule has 184 valence electrons. The van der Waals surface area contributed by atoms with Gasteiger partial charge in [0.05, 0.1) is 25.0 Å². The Balaban J connectivity index is 1.53. The molecule has 0 spiro atoms. The topological polar surface area (TPSA) is 92.6 Å². The SMILES string of the molecule is CCCCCCOc1ccc(Br)cc1C(=O)NC(=S)Nc1ccc(C(=O)NCc2ccco2)cc1. The van der Waals surface area contributed by atoms with E-state index in [1.807, 2.05) is 6.07 Å². The Kier molecular flexibility index (Phi) is 10.3. The zero-order chi connectivity index (χ0) is 25.0. The van der Waals surface area contributed by atoms with E-state index in [0.29, 0.717) is 41.5 Å². The number of carbonyl (C=O) groups excluding carboxylic acids is 2. The lowest BCUT2D eigenvalue weighted by molar-refractivity contribution is 0.0945. The van der Waals surface area contributed by atoms with Crippen LogP contribution in [0.25, 0.3) is 0 Å². The van der Waals surface area contributed by atoms with Gasteiger partial charge >= 0.3 is 0 Å². The predicted molar refractivity (Wildman–Crippen MR) is 144 cm³/mol. The molecule has 0 saturated carbocycles. The Hall–Kier alpha value is -3.17. The van der Waals surface area contributed by atoms with E-state index in [1.165, 1.54) is 0 Å². The van der Waals surface area contributed by atoms with Crippen molar-refractivity contribution in [2.75, 3.05) is 11.9 Å². The minimum Gasteiger partial charge on any atom is -0.493 e. The Morgan fingerprint density at radius 1 is 1.03 bits per heavy atom. The first kappa shape index (κ1) is 26.4. The average Bonchev–Trinajstić information content (AvgIpc) is 3.37. The van der Waals surface area contributed by atoms with Gasteiger partial charge in [0.25, 0.3) is 11.8 Å². The highest BCUT2D eigenvalue weighted by atomic mass is 79.9. The van der Waals surface area contributed by atoms with Gasteiger partial charge in [-0.2, -0.15) is 0 Å². The Morgan fingerprint density at radius 2 is 1.83 bits per heavy atom. The first-order valence-corrected chi connectivity index (χ1v) is 12.6. The number of thiocarbonyl (C=S) groups is 1. The smallest absolute Gasteiger partial charge is 0.261 e. The molecular formula is C26H28BrN3O4S. The van der Waals surface area contributed by atoms with E-state index in [1.54, 1.807) is 54.8 Å². The molecule has 3 N–H and O–H groups in total. The molecule has 0 aliphatic heterocycles. The molecule has 0 aliphatic rings. The zero-order valence-electron chi connectivity index (χ0n) is 19.4. The Labute approximate surface area is 218 Å². The number of furan rings is 1. The van der Waals surface area contributed by atoms with Crippen LogP contribution >= 0.6 is 28.1 Å². The van der Waals surface area contributed by atoms with Crippen LogP contribution < -0.4 is 20.7 Å². The normalized spacial score (nSPS) is 10.5. The molecule has 35 heavy (non-hydrogen) atoms. The fraction of sp³-hybridized carbons (Fsp3) is 0.269. The van der Waals surface area contributed by atoms with Crippen LogP contribution in [0.15, 0.2) is 69.8 Å². The maximum atomic E-state index is 12.9. The lowest BCUT2D eigenvalue weighted by Crippen LogP contribution is -2.34. The number of hydrogen-bond donors (Lipinski definition) is 3. The first-order chi connectivity index (χ1) is 17.0. The number of rotatable bonds is 11. The largest absolute Gasteiger partial charge is 0.493 e. The summed E-state index contributed by atoms with van der Waals surface area (Å²) in [5, 5.41) is 8.58. The van der Waals surface area contributed by atoms with Gasteiger partial charge in [0.2, 0.25) is 0 Å². The summed E-state index contributed by atoms with van der Waals surface area (Å²) in [4.78, 5) is 25.2. The number of ether oxygens (including phenoxy) is 1. The summed E-state index contributed by atoms with van der Waals surface area (Å²) in [7, 11) is 0. The van der Waals surface area contributed by atoms with Gasteiger partial charge in [-0.05, 0) is 73.2 Å². The molecule has 2 aromatic carbocycles. The van der Waals surface area contributed by atoms with E-state index in [9.17, 15) is 9.59 Å². The van der Waals surface area contributed by atoms with Crippen LogP contribution in [0.1, 0.15) is 59.1 Å². The van der Waals surface area contributed by atoms with E-state index >= 15 is 0 Å². The molecule has 2 amide bonds. The van der Waals surface area contributed by atoms with Gasteiger partial charge in [0, 0.05) is 15.7 Å². The van der Waals surface area contributed by atoms with E-state index in [-0.39, 0.29) is 16.9 Å². The van der Waals surface area contributed by atoms with E-state index in [0.717, 1.165) is 30.2 Å². The number of amides is 2. The highest BCUT2D eigenvalue weighted by molar-refractivity contribution is 9.10. The second kappa shape index (κ2) is 13.7. The monoisotopic (exact) mass is 557 g/mol. The van der Waals surface area contributed by atoms with Crippen molar-refractivity contribution < 1.29 is 18.7 Å². The predicted octanol–water partition coefficient (Wildman–Crippen LogP) is 6.06. The second-order valence-electron chi connectivity index (χ2n) is 7.80. The molecule has 9 heteroatoms. The van der Waals surface area contributed by atoms with E-state index < -0.39 is 0 Å². The van der Waals surface area contributed by atoms with Crippen LogP contribution in [0.2, 0.25) is 0 Å². The van der Waals surface area contributed by atoms with Crippen molar-refractivity contribution in [1.82, 2.24) is 10.6 Å². The third-order valence-electron chi connectivity index (χ3n) is 5.08. The highest BCUT2D eigenvalue weighted by Gasteiger charge is 2.15. The van der Waals surface area contributed by atoms with Gasteiger partial charge in [0.15, 0.2) is 5.11 Å². The number of unbranched alkanes of at least 4 members (excludes halogenated alkanes) is 3. The summed E-state index contributed by atoms with van der Waals surface area (Å²) < 4.78 is 11.8. The van der Waals surface area contributed by atoms with Gasteiger partial charge in [-0.15, -0.1) is 0 Å². The van der Waals surface area contributed by atoms with Crippen molar-refractivity contribution >= 4 is 50.8 Å². The minimum atomic E-state index is -0.374. The van der Waals surface area contributed by atoms with Crippen LogP contribution in [0, 0.1) is 0 Å². The van der Waals surface area contributed by atoms with Crippen LogP contribution in [0.3, 0.4) is 0 Å².